The predicted molar refractivity (Wildman–Crippen MR) is 259 cm³/mol. The Kier molecular flexibility index (Phi) is 19.0. The van der Waals surface area contributed by atoms with Crippen LogP contribution in [0.2, 0.25) is 0 Å². The summed E-state index contributed by atoms with van der Waals surface area (Å²) in [6, 6.07) is 25.8. The van der Waals surface area contributed by atoms with Gasteiger partial charge in [-0.15, -0.1) is 0 Å². The van der Waals surface area contributed by atoms with Crippen LogP contribution in [0.25, 0.3) is 0 Å². The van der Waals surface area contributed by atoms with E-state index in [1.54, 1.807) is 0 Å². The average molecular weight is 1310 g/mol. The minimum Gasteiger partial charge on any atom is -0.370 e. The van der Waals surface area contributed by atoms with Crippen molar-refractivity contribution in [2.45, 2.75) is 102 Å². The van der Waals surface area contributed by atoms with Gasteiger partial charge in [0.05, 0.1) is 55.4 Å². The molecule has 0 amide bonds. The first-order valence-electron chi connectivity index (χ1n) is 19.9. The second kappa shape index (κ2) is 21.9. The van der Waals surface area contributed by atoms with Crippen LogP contribution in [-0.2, 0) is 34.8 Å². The molecule has 4 atom stereocenters. The maximum Gasteiger partial charge on any atom is 0.106 e. The fraction of sp³-hybridized carbons (Fsp3) is 0.489. The Bertz CT molecular complexity index is 2000. The summed E-state index contributed by atoms with van der Waals surface area (Å²) in [5.41, 5.74) is 7.07. The Hall–Kier alpha value is -0.538. The van der Waals surface area contributed by atoms with Crippen molar-refractivity contribution in [3.8, 4) is 0 Å². The first-order valence-corrected chi connectivity index (χ1v) is 24.8. The molecule has 2 aromatic carbocycles. The zero-order chi connectivity index (χ0) is 41.0. The molecule has 2 fully saturated rings. The number of pyridine rings is 2. The summed E-state index contributed by atoms with van der Waals surface area (Å²) < 4.78 is 35.0. The van der Waals surface area contributed by atoms with E-state index in [2.05, 4.69) is 139 Å². The molecule has 2 aliphatic carbocycles. The van der Waals surface area contributed by atoms with Gasteiger partial charge in [-0.05, 0) is 205 Å². The molecule has 320 valence electrons. The van der Waals surface area contributed by atoms with E-state index < -0.39 is 22.0 Å². The van der Waals surface area contributed by atoms with Crippen LogP contribution in [0.15, 0.2) is 94.4 Å². The number of anilines is 1. The Morgan fingerprint density at radius 2 is 1.14 bits per heavy atom. The fourth-order valence-electron chi connectivity index (χ4n) is 8.50. The number of hydrogen-bond donors (Lipinski definition) is 3. The van der Waals surface area contributed by atoms with Gasteiger partial charge in [0.2, 0.25) is 0 Å². The van der Waals surface area contributed by atoms with Crippen LogP contribution in [0.5, 0.6) is 0 Å². The summed E-state index contributed by atoms with van der Waals surface area (Å²) in [7, 11) is -2.12. The molecule has 59 heavy (non-hydrogen) atoms. The van der Waals surface area contributed by atoms with Crippen LogP contribution in [0, 0.1) is 52.9 Å². The van der Waals surface area contributed by atoms with Crippen LogP contribution in [0.3, 0.4) is 0 Å². The van der Waals surface area contributed by atoms with Crippen LogP contribution in [0.4, 0.5) is 5.69 Å². The number of benzene rings is 2. The van der Waals surface area contributed by atoms with Gasteiger partial charge in [0.1, 0.15) is 9.21 Å². The molecule has 8 rings (SSSR count). The Labute approximate surface area is 413 Å². The molecule has 0 unspecified atom stereocenters. The molecule has 2 spiro atoms. The van der Waals surface area contributed by atoms with Crippen molar-refractivity contribution < 1.29 is 39.5 Å². The van der Waals surface area contributed by atoms with E-state index in [4.69, 9.17) is 0 Å². The van der Waals surface area contributed by atoms with Crippen molar-refractivity contribution >= 4 is 82.1 Å². The number of rotatable bonds is 5. The quantitative estimate of drug-likeness (QED) is 0.105. The normalized spacial score (nSPS) is 21.0. The van der Waals surface area contributed by atoms with Gasteiger partial charge < -0.3 is 17.6 Å². The second-order valence-corrected chi connectivity index (χ2v) is 24.6. The van der Waals surface area contributed by atoms with E-state index in [9.17, 15) is 8.42 Å². The van der Waals surface area contributed by atoms with Crippen molar-refractivity contribution in [3.63, 3.8) is 0 Å². The van der Waals surface area contributed by atoms with E-state index in [1.807, 2.05) is 72.1 Å². The molecule has 4 aromatic rings. The largest absolute Gasteiger partial charge is 0.370 e. The smallest absolute Gasteiger partial charge is 0.106 e. The van der Waals surface area contributed by atoms with E-state index in [-0.39, 0.29) is 70.9 Å². The summed E-state index contributed by atoms with van der Waals surface area (Å²) in [6.45, 7) is 16.3. The minimum atomic E-state index is -1.09. The molecule has 0 bridgehead atoms. The number of piperidine rings is 2. The van der Waals surface area contributed by atoms with Gasteiger partial charge >= 0.3 is 0 Å². The van der Waals surface area contributed by atoms with Crippen molar-refractivity contribution in [3.05, 3.63) is 128 Å². The summed E-state index contributed by atoms with van der Waals surface area (Å²) in [5, 5.41) is 3.46. The fourth-order valence-corrected chi connectivity index (χ4v) is 11.2. The third-order valence-electron chi connectivity index (χ3n) is 11.7. The minimum absolute atomic E-state index is 0. The molecular formula is C45H60Br2IN6O2S2U-. The molecule has 4 aliphatic rings. The van der Waals surface area contributed by atoms with E-state index in [0.717, 1.165) is 77.5 Å². The first-order chi connectivity index (χ1) is 27.0. The Balaban J connectivity index is 0.000000219. The number of halogens is 3. The summed E-state index contributed by atoms with van der Waals surface area (Å²) >= 11 is 8.86. The van der Waals surface area contributed by atoms with Gasteiger partial charge in [-0.3, -0.25) is 0 Å². The van der Waals surface area contributed by atoms with Crippen molar-refractivity contribution in [1.29, 1.82) is 0 Å². The zero-order valence-electron chi connectivity index (χ0n) is 35.4. The molecule has 2 aromatic heterocycles. The molecule has 8 nitrogen and oxygen atoms in total. The molecular weight excluding hydrogens is 1250 g/mol. The van der Waals surface area contributed by atoms with Crippen LogP contribution < -0.4 is 19.7 Å². The molecule has 4 heterocycles. The molecule has 3 N–H and O–H groups in total. The van der Waals surface area contributed by atoms with E-state index in [0.29, 0.717) is 0 Å². The van der Waals surface area contributed by atoms with E-state index >= 15 is 0 Å². The topological polar surface area (TPSA) is 99.2 Å². The average Bonchev–Trinajstić information content (AvgIpc) is 3.64. The molecule has 2 saturated heterocycles. The van der Waals surface area contributed by atoms with Gasteiger partial charge in [0.15, 0.2) is 0 Å². The van der Waals surface area contributed by atoms with Crippen molar-refractivity contribution in [2.75, 3.05) is 31.1 Å². The number of nitrogens with zero attached hydrogens (tertiary/aromatic N) is 3. The van der Waals surface area contributed by atoms with Crippen LogP contribution in [-0.4, -0.2) is 54.1 Å². The van der Waals surface area contributed by atoms with Gasteiger partial charge in [-0.1, -0.05) is 48.5 Å². The number of aromatic nitrogens is 2. The predicted octanol–water partition coefficient (Wildman–Crippen LogP) is 10.4. The van der Waals surface area contributed by atoms with Crippen LogP contribution >= 0.6 is 54.5 Å². The zero-order valence-corrected chi connectivity index (χ0v) is 46.5. The first kappa shape index (κ1) is 51.1. The standard InChI is InChI=1S/C22H28BrN3OS.C17H26N2OS.C5H3BrIN.CH3.U/c1-21(2,3)28(27)25-20-18-7-5-4-6-16(18)14-22(20)10-12-26(13-11-22)17-8-9-19(23)24-15-17;1-16(2,3)21(20)19-15-14-7-5-4-6-13(14)12-17(15)8-10-18-11-9-17;6-5-2-1-4(7)3-8-5;;/h4-9,15,20,25H,10-14H2,1-3H3;4-7,15,18-19H,8-12H2,1-3H3;1-3H;1H3;/q;;;-1;/t20-,28-;15-,21-;;;/m11.../s1. The maximum absolute atomic E-state index is 13.0. The third kappa shape index (κ3) is 12.8. The molecule has 14 heteroatoms. The van der Waals surface area contributed by atoms with Gasteiger partial charge in [0.25, 0.3) is 0 Å². The maximum atomic E-state index is 13.0. The number of nitrogens with one attached hydrogen (secondary N) is 3. The van der Waals surface area contributed by atoms with Crippen molar-refractivity contribution in [1.82, 2.24) is 24.7 Å². The van der Waals surface area contributed by atoms with Gasteiger partial charge in [-0.2, -0.15) is 0 Å². The SMILES string of the molecule is Brc1ccc(I)cn1.CC(C)(C)[S@@](=O)N[C@@H]1c2ccccc2CC12CCN(c1ccc(Br)nc1)CC2.CC(C)(C)[S@@](=O)N[C@@H]1c2ccccc2CC12CCNCC2.[CH3-].[U]. The summed E-state index contributed by atoms with van der Waals surface area (Å²) in [6.07, 6.45) is 10.4. The Morgan fingerprint density at radius 1 is 0.695 bits per heavy atom. The third-order valence-corrected chi connectivity index (χ3v) is 16.4. The van der Waals surface area contributed by atoms with Crippen LogP contribution in [0.1, 0.15) is 102 Å². The molecule has 2 aliphatic heterocycles. The monoisotopic (exact) mass is 1300 g/mol. The molecule has 0 saturated carbocycles. The Morgan fingerprint density at radius 3 is 1.54 bits per heavy atom. The number of fused-ring (bicyclic) bond motifs is 2. The second-order valence-electron chi connectivity index (χ2n) is 17.7. The summed E-state index contributed by atoms with van der Waals surface area (Å²) in [5.74, 6) is 0. The van der Waals surface area contributed by atoms with Gasteiger partial charge in [-0.25, -0.2) is 27.8 Å². The summed E-state index contributed by atoms with van der Waals surface area (Å²) in [4.78, 5) is 10.8. The number of hydrogen-bond acceptors (Lipinski definition) is 6. The molecule has 0 radical (unpaired) electrons. The van der Waals surface area contributed by atoms with Gasteiger partial charge in [0, 0.05) is 54.0 Å². The van der Waals surface area contributed by atoms with E-state index in [1.165, 1.54) is 27.9 Å². The van der Waals surface area contributed by atoms with Crippen molar-refractivity contribution in [2.24, 2.45) is 10.8 Å².